The first-order valence-corrected chi connectivity index (χ1v) is 9.25. The Kier molecular flexibility index (Phi) is 5.03. The molecule has 0 bridgehead atoms. The molecule has 0 atom stereocenters. The first-order valence-electron chi connectivity index (χ1n) is 7.81. The third-order valence-electron chi connectivity index (χ3n) is 3.91. The highest BCUT2D eigenvalue weighted by molar-refractivity contribution is 7.90. The summed E-state index contributed by atoms with van der Waals surface area (Å²) in [6.45, 7) is 0.0309. The van der Waals surface area contributed by atoms with E-state index in [0.29, 0.717) is 3.97 Å². The third kappa shape index (κ3) is 3.20. The average molecular weight is 388 g/mol. The van der Waals surface area contributed by atoms with E-state index in [1.807, 2.05) is 0 Å². The topological polar surface area (TPSA) is 87.8 Å². The van der Waals surface area contributed by atoms with Crippen LogP contribution in [0, 0.1) is 23.1 Å². The normalized spacial score (nSPS) is 11.3. The molecule has 0 fully saturated rings. The molecule has 9 heteroatoms. The molecule has 1 aromatic carbocycles. The van der Waals surface area contributed by atoms with Gasteiger partial charge in [-0.25, -0.2) is 21.8 Å². The summed E-state index contributed by atoms with van der Waals surface area (Å²) in [5.74, 6) is -1.88. The zero-order valence-electron chi connectivity index (χ0n) is 14.1. The van der Waals surface area contributed by atoms with E-state index in [1.165, 1.54) is 42.6 Å². The molecule has 3 aromatic rings. The van der Waals surface area contributed by atoms with Gasteiger partial charge in [-0.05, 0) is 31.3 Å². The van der Waals surface area contributed by atoms with Crippen LogP contribution in [0.25, 0.3) is 11.3 Å². The summed E-state index contributed by atoms with van der Waals surface area (Å²) >= 11 is 0. The summed E-state index contributed by atoms with van der Waals surface area (Å²) in [4.78, 5) is 3.17. The SMILES string of the molecule is CNCc1cn(S(=O)(=O)c2ccccc2C#N)c(-c2cccnc2F)c1F. The summed E-state index contributed by atoms with van der Waals surface area (Å²) in [6.07, 6.45) is 2.26. The van der Waals surface area contributed by atoms with Crippen LogP contribution in [0.1, 0.15) is 11.1 Å². The molecule has 0 aliphatic carbocycles. The lowest BCUT2D eigenvalue weighted by Crippen LogP contribution is -2.15. The second-order valence-electron chi connectivity index (χ2n) is 5.60. The minimum absolute atomic E-state index is 0.0309. The molecule has 2 heterocycles. The molecule has 0 amide bonds. The number of aromatic nitrogens is 2. The summed E-state index contributed by atoms with van der Waals surface area (Å²) in [5, 5.41) is 12.0. The van der Waals surface area contributed by atoms with E-state index in [0.717, 1.165) is 6.20 Å². The van der Waals surface area contributed by atoms with Crippen molar-refractivity contribution in [3.8, 4) is 17.3 Å². The van der Waals surface area contributed by atoms with Gasteiger partial charge in [0.2, 0.25) is 5.95 Å². The molecule has 27 heavy (non-hydrogen) atoms. The maximum atomic E-state index is 15.0. The van der Waals surface area contributed by atoms with Gasteiger partial charge < -0.3 is 5.32 Å². The molecule has 2 aromatic heterocycles. The van der Waals surface area contributed by atoms with Crippen LogP contribution in [0.15, 0.2) is 53.7 Å². The Hall–Kier alpha value is -3.09. The van der Waals surface area contributed by atoms with Gasteiger partial charge in [0.25, 0.3) is 10.0 Å². The highest BCUT2D eigenvalue weighted by Crippen LogP contribution is 2.32. The van der Waals surface area contributed by atoms with Gasteiger partial charge in [0.05, 0.1) is 11.1 Å². The Bertz CT molecular complexity index is 1150. The first-order chi connectivity index (χ1) is 12.9. The first kappa shape index (κ1) is 18.7. The number of hydrogen-bond donors (Lipinski definition) is 1. The van der Waals surface area contributed by atoms with Crippen molar-refractivity contribution in [1.82, 2.24) is 14.3 Å². The fourth-order valence-corrected chi connectivity index (χ4v) is 4.24. The number of nitrogens with one attached hydrogen (secondary N) is 1. The molecule has 6 nitrogen and oxygen atoms in total. The largest absolute Gasteiger partial charge is 0.316 e. The average Bonchev–Trinajstić information content (AvgIpc) is 2.99. The van der Waals surface area contributed by atoms with Gasteiger partial charge in [0.1, 0.15) is 16.7 Å². The lowest BCUT2D eigenvalue weighted by Gasteiger charge is -2.12. The van der Waals surface area contributed by atoms with Crippen molar-refractivity contribution in [3.05, 3.63) is 71.7 Å². The van der Waals surface area contributed by atoms with Crippen molar-refractivity contribution in [2.24, 2.45) is 0 Å². The second-order valence-corrected chi connectivity index (χ2v) is 7.38. The number of nitriles is 1. The third-order valence-corrected chi connectivity index (χ3v) is 5.63. The molecule has 0 aliphatic heterocycles. The monoisotopic (exact) mass is 388 g/mol. The number of benzene rings is 1. The van der Waals surface area contributed by atoms with E-state index in [1.54, 1.807) is 13.1 Å². The number of rotatable bonds is 5. The van der Waals surface area contributed by atoms with Gasteiger partial charge >= 0.3 is 0 Å². The smallest absolute Gasteiger partial charge is 0.269 e. The van der Waals surface area contributed by atoms with Gasteiger partial charge in [0, 0.05) is 24.5 Å². The molecule has 1 N–H and O–H groups in total. The van der Waals surface area contributed by atoms with Crippen molar-refractivity contribution >= 4 is 10.0 Å². The van der Waals surface area contributed by atoms with Crippen LogP contribution < -0.4 is 5.32 Å². The Morgan fingerprint density at radius 2 is 1.96 bits per heavy atom. The Morgan fingerprint density at radius 1 is 1.22 bits per heavy atom. The lowest BCUT2D eigenvalue weighted by molar-refractivity contribution is 0.575. The standard InChI is InChI=1S/C18H14F2N4O2S/c1-22-10-13-11-24(17(16(13)19)14-6-4-8-23-18(14)20)27(25,26)15-7-3-2-5-12(15)9-21/h2-8,11,22H,10H2,1H3. The molecular weight excluding hydrogens is 374 g/mol. The van der Waals surface area contributed by atoms with Crippen LogP contribution in [-0.4, -0.2) is 24.4 Å². The van der Waals surface area contributed by atoms with Gasteiger partial charge in [-0.1, -0.05) is 12.1 Å². The Morgan fingerprint density at radius 3 is 2.63 bits per heavy atom. The Labute approximate surface area is 154 Å². The molecule has 3 rings (SSSR count). The Balaban J connectivity index is 2.35. The lowest BCUT2D eigenvalue weighted by atomic mass is 10.2. The predicted octanol–water partition coefficient (Wildman–Crippen LogP) is 2.66. The van der Waals surface area contributed by atoms with E-state index < -0.39 is 27.5 Å². The quantitative estimate of drug-likeness (QED) is 0.679. The van der Waals surface area contributed by atoms with Crippen molar-refractivity contribution in [2.75, 3.05) is 7.05 Å². The minimum atomic E-state index is -4.37. The van der Waals surface area contributed by atoms with Crippen LogP contribution in [0.5, 0.6) is 0 Å². The maximum absolute atomic E-state index is 15.0. The van der Waals surface area contributed by atoms with Crippen LogP contribution in [0.2, 0.25) is 0 Å². The highest BCUT2D eigenvalue weighted by atomic mass is 32.2. The second kappa shape index (κ2) is 7.26. The molecule has 0 aliphatic rings. The van der Waals surface area contributed by atoms with Gasteiger partial charge in [-0.15, -0.1) is 0 Å². The van der Waals surface area contributed by atoms with Gasteiger partial charge in [-0.3, -0.25) is 0 Å². The number of nitrogens with zero attached hydrogens (tertiary/aromatic N) is 3. The van der Waals surface area contributed by atoms with E-state index in [-0.39, 0.29) is 28.1 Å². The molecule has 138 valence electrons. The fourth-order valence-electron chi connectivity index (χ4n) is 2.70. The van der Waals surface area contributed by atoms with E-state index in [2.05, 4.69) is 10.3 Å². The van der Waals surface area contributed by atoms with Crippen molar-refractivity contribution < 1.29 is 17.2 Å². The molecular formula is C18H14F2N4O2S. The van der Waals surface area contributed by atoms with Crippen LogP contribution >= 0.6 is 0 Å². The van der Waals surface area contributed by atoms with Crippen LogP contribution in [0.3, 0.4) is 0 Å². The van der Waals surface area contributed by atoms with E-state index in [4.69, 9.17) is 0 Å². The van der Waals surface area contributed by atoms with Crippen LogP contribution in [0.4, 0.5) is 8.78 Å². The molecule has 0 saturated carbocycles. The summed E-state index contributed by atoms with van der Waals surface area (Å²) in [7, 11) is -2.80. The van der Waals surface area contributed by atoms with Crippen molar-refractivity contribution in [1.29, 1.82) is 5.26 Å². The number of halogens is 2. The fraction of sp³-hybridized carbons (Fsp3) is 0.111. The molecule has 0 unspecified atom stereocenters. The molecule has 0 radical (unpaired) electrons. The van der Waals surface area contributed by atoms with Crippen molar-refractivity contribution in [3.63, 3.8) is 0 Å². The minimum Gasteiger partial charge on any atom is -0.316 e. The van der Waals surface area contributed by atoms with Crippen LogP contribution in [-0.2, 0) is 16.6 Å². The van der Waals surface area contributed by atoms with Crippen molar-refractivity contribution in [2.45, 2.75) is 11.4 Å². The number of pyridine rings is 1. The number of hydrogen-bond acceptors (Lipinski definition) is 5. The summed E-state index contributed by atoms with van der Waals surface area (Å²) in [6, 6.07) is 9.97. The van der Waals surface area contributed by atoms with E-state index in [9.17, 15) is 22.5 Å². The highest BCUT2D eigenvalue weighted by Gasteiger charge is 2.29. The zero-order valence-corrected chi connectivity index (χ0v) is 15.0. The van der Waals surface area contributed by atoms with E-state index >= 15 is 0 Å². The van der Waals surface area contributed by atoms with Gasteiger partial charge in [0.15, 0.2) is 5.82 Å². The summed E-state index contributed by atoms with van der Waals surface area (Å²) in [5.41, 5.74) is -0.831. The van der Waals surface area contributed by atoms with Gasteiger partial charge in [-0.2, -0.15) is 9.65 Å². The predicted molar refractivity (Wildman–Crippen MR) is 94.1 cm³/mol. The maximum Gasteiger partial charge on any atom is 0.269 e. The molecule has 0 saturated heterocycles. The molecule has 0 spiro atoms. The zero-order chi connectivity index (χ0) is 19.6. The summed E-state index contributed by atoms with van der Waals surface area (Å²) < 4.78 is 56.2.